The highest BCUT2D eigenvalue weighted by Gasteiger charge is 2.37. The van der Waals surface area contributed by atoms with Gasteiger partial charge in [-0.25, -0.2) is 0 Å². The number of rotatable bonds is 2. The molecule has 4 rings (SSSR count). The Labute approximate surface area is 134 Å². The molecule has 0 spiro atoms. The minimum absolute atomic E-state index is 0.278. The van der Waals surface area contributed by atoms with Crippen LogP contribution in [0.1, 0.15) is 22.0 Å². The first kappa shape index (κ1) is 14.1. The average molecular weight is 304 g/mol. The summed E-state index contributed by atoms with van der Waals surface area (Å²) in [6, 6.07) is 19.6. The number of ketones is 1. The largest absolute Gasteiger partial charge is 0.382 e. The molecule has 1 N–H and O–H groups in total. The van der Waals surface area contributed by atoms with Crippen LogP contribution in [0.4, 0.5) is 0 Å². The minimum atomic E-state index is -1.18. The lowest BCUT2D eigenvalue weighted by Gasteiger charge is -2.29. The molecule has 0 amide bonds. The second-order valence-corrected chi connectivity index (χ2v) is 5.76. The third kappa shape index (κ3) is 2.01. The minimum Gasteiger partial charge on any atom is -0.382 e. The summed E-state index contributed by atoms with van der Waals surface area (Å²) in [6.45, 7) is 0. The van der Waals surface area contributed by atoms with E-state index in [0.29, 0.717) is 5.56 Å². The van der Waals surface area contributed by atoms with Crippen molar-refractivity contribution in [3.8, 4) is 11.1 Å². The molecule has 114 valence electrons. The molecule has 3 aromatic carbocycles. The van der Waals surface area contributed by atoms with E-state index in [1.165, 1.54) is 7.11 Å². The van der Waals surface area contributed by atoms with Crippen LogP contribution in [-0.4, -0.2) is 24.1 Å². The van der Waals surface area contributed by atoms with Crippen LogP contribution in [0.2, 0.25) is 0 Å². The number of ether oxygens (including phenoxy) is 1. The highest BCUT2D eigenvalue weighted by atomic mass is 16.5. The number of aliphatic hydroxyl groups excluding tert-OH is 1. The Balaban J connectivity index is 2.11. The lowest BCUT2D eigenvalue weighted by atomic mass is 9.80. The quantitative estimate of drug-likeness (QED) is 0.784. The molecular weight excluding hydrogens is 288 g/mol. The van der Waals surface area contributed by atoms with Gasteiger partial charge >= 0.3 is 0 Å². The highest BCUT2D eigenvalue weighted by molar-refractivity contribution is 6.18. The zero-order valence-corrected chi connectivity index (χ0v) is 12.7. The second kappa shape index (κ2) is 5.30. The normalized spacial score (nSPS) is 20.0. The Kier molecular flexibility index (Phi) is 3.26. The number of benzene rings is 3. The molecule has 3 heteroatoms. The van der Waals surface area contributed by atoms with Crippen molar-refractivity contribution in [1.82, 2.24) is 0 Å². The average Bonchev–Trinajstić information content (AvgIpc) is 2.60. The van der Waals surface area contributed by atoms with Gasteiger partial charge < -0.3 is 9.84 Å². The molecule has 2 atom stereocenters. The summed E-state index contributed by atoms with van der Waals surface area (Å²) in [7, 11) is 1.52. The summed E-state index contributed by atoms with van der Waals surface area (Å²) < 4.78 is 5.40. The molecule has 1 aliphatic rings. The van der Waals surface area contributed by atoms with E-state index in [1.807, 2.05) is 60.7 Å². The maximum absolute atomic E-state index is 12.8. The molecule has 23 heavy (non-hydrogen) atoms. The lowest BCUT2D eigenvalue weighted by molar-refractivity contribution is -0.00523. The van der Waals surface area contributed by atoms with Gasteiger partial charge in [-0.3, -0.25) is 4.79 Å². The van der Waals surface area contributed by atoms with Gasteiger partial charge in [0.2, 0.25) is 0 Å². The first-order valence-corrected chi connectivity index (χ1v) is 7.58. The molecule has 0 saturated heterocycles. The number of carbonyl (C=O) groups is 1. The van der Waals surface area contributed by atoms with Crippen LogP contribution in [0.15, 0.2) is 60.7 Å². The smallest absolute Gasteiger partial charge is 0.195 e. The molecule has 1 aliphatic carbocycles. The van der Waals surface area contributed by atoms with Crippen molar-refractivity contribution < 1.29 is 14.6 Å². The van der Waals surface area contributed by atoms with Gasteiger partial charge in [-0.1, -0.05) is 60.7 Å². The standard InChI is InChI=1S/C20H16O3/c1-23-20-15-9-5-8-13-10-11-14(12-6-3-2-4-7-12)17(16(13)15)18(21)19(20)22/h2-11,19-20,22H,1H3. The van der Waals surface area contributed by atoms with Crippen molar-refractivity contribution >= 4 is 16.6 Å². The van der Waals surface area contributed by atoms with Gasteiger partial charge in [0.25, 0.3) is 0 Å². The predicted molar refractivity (Wildman–Crippen MR) is 89.5 cm³/mol. The Morgan fingerprint density at radius 1 is 0.957 bits per heavy atom. The fraction of sp³-hybridized carbons (Fsp3) is 0.150. The van der Waals surface area contributed by atoms with E-state index in [0.717, 1.165) is 27.5 Å². The zero-order chi connectivity index (χ0) is 16.0. The van der Waals surface area contributed by atoms with Crippen LogP contribution in [0.5, 0.6) is 0 Å². The first-order valence-electron chi connectivity index (χ1n) is 7.58. The third-order valence-corrected chi connectivity index (χ3v) is 4.52. The van der Waals surface area contributed by atoms with Crippen LogP contribution in [-0.2, 0) is 4.74 Å². The molecule has 0 saturated carbocycles. The molecule has 0 fully saturated rings. The number of aliphatic hydroxyl groups is 1. The maximum Gasteiger partial charge on any atom is 0.195 e. The number of hydrogen-bond acceptors (Lipinski definition) is 3. The van der Waals surface area contributed by atoms with Gasteiger partial charge in [0.05, 0.1) is 0 Å². The number of Topliss-reactive ketones (excluding diaryl/α,β-unsaturated/α-hetero) is 1. The first-order chi connectivity index (χ1) is 11.2. The molecule has 2 unspecified atom stereocenters. The number of hydrogen-bond donors (Lipinski definition) is 1. The fourth-order valence-corrected chi connectivity index (χ4v) is 3.47. The second-order valence-electron chi connectivity index (χ2n) is 5.76. The van der Waals surface area contributed by atoms with E-state index < -0.39 is 12.2 Å². The van der Waals surface area contributed by atoms with Crippen molar-refractivity contribution in [2.75, 3.05) is 7.11 Å². The van der Waals surface area contributed by atoms with Gasteiger partial charge in [-0.05, 0) is 27.5 Å². The van der Waals surface area contributed by atoms with Crippen molar-refractivity contribution in [2.45, 2.75) is 12.2 Å². The third-order valence-electron chi connectivity index (χ3n) is 4.52. The van der Waals surface area contributed by atoms with Gasteiger partial charge in [0.15, 0.2) is 5.78 Å². The molecule has 0 bridgehead atoms. The Morgan fingerprint density at radius 2 is 1.74 bits per heavy atom. The number of carbonyl (C=O) groups excluding carboxylic acids is 1. The van der Waals surface area contributed by atoms with E-state index in [1.54, 1.807) is 0 Å². The van der Waals surface area contributed by atoms with E-state index in [4.69, 9.17) is 4.74 Å². The summed E-state index contributed by atoms with van der Waals surface area (Å²) in [4.78, 5) is 12.8. The van der Waals surface area contributed by atoms with Crippen molar-refractivity contribution in [1.29, 1.82) is 0 Å². The van der Waals surface area contributed by atoms with E-state index >= 15 is 0 Å². The monoisotopic (exact) mass is 304 g/mol. The van der Waals surface area contributed by atoms with Crippen molar-refractivity contribution in [3.05, 3.63) is 71.8 Å². The van der Waals surface area contributed by atoms with Gasteiger partial charge in [-0.15, -0.1) is 0 Å². The van der Waals surface area contributed by atoms with E-state index in [2.05, 4.69) is 0 Å². The summed E-state index contributed by atoms with van der Waals surface area (Å²) in [5.74, 6) is -0.278. The van der Waals surface area contributed by atoms with Crippen LogP contribution < -0.4 is 0 Å². The molecular formula is C20H16O3. The van der Waals surface area contributed by atoms with Crippen LogP contribution in [0.25, 0.3) is 21.9 Å². The molecule has 0 heterocycles. The van der Waals surface area contributed by atoms with Crippen LogP contribution in [0.3, 0.4) is 0 Å². The molecule has 0 aromatic heterocycles. The van der Waals surface area contributed by atoms with Gasteiger partial charge in [-0.2, -0.15) is 0 Å². The maximum atomic E-state index is 12.8. The van der Waals surface area contributed by atoms with Crippen molar-refractivity contribution in [2.24, 2.45) is 0 Å². The summed E-state index contributed by atoms with van der Waals surface area (Å²) >= 11 is 0. The fourth-order valence-electron chi connectivity index (χ4n) is 3.47. The summed E-state index contributed by atoms with van der Waals surface area (Å²) in [5, 5.41) is 12.3. The Hall–Kier alpha value is -2.49. The topological polar surface area (TPSA) is 46.5 Å². The van der Waals surface area contributed by atoms with Gasteiger partial charge in [0.1, 0.15) is 12.2 Å². The van der Waals surface area contributed by atoms with Crippen LogP contribution >= 0.6 is 0 Å². The van der Waals surface area contributed by atoms with Gasteiger partial charge in [0, 0.05) is 12.7 Å². The summed E-state index contributed by atoms with van der Waals surface area (Å²) in [5.41, 5.74) is 3.27. The summed E-state index contributed by atoms with van der Waals surface area (Å²) in [6.07, 6.45) is -1.80. The Morgan fingerprint density at radius 3 is 2.48 bits per heavy atom. The lowest BCUT2D eigenvalue weighted by Crippen LogP contribution is -2.33. The number of methoxy groups -OCH3 is 1. The molecule has 3 nitrogen and oxygen atoms in total. The van der Waals surface area contributed by atoms with Crippen molar-refractivity contribution in [3.63, 3.8) is 0 Å². The highest BCUT2D eigenvalue weighted by Crippen LogP contribution is 2.41. The Bertz CT molecular complexity index is 899. The molecule has 0 radical (unpaired) electrons. The predicted octanol–water partition coefficient (Wildman–Crippen LogP) is 3.75. The zero-order valence-electron chi connectivity index (χ0n) is 12.7. The molecule has 0 aliphatic heterocycles. The SMILES string of the molecule is COC1c2cccc3ccc(-c4ccccc4)c(c23)C(=O)C1O. The van der Waals surface area contributed by atoms with E-state index in [9.17, 15) is 9.90 Å². The molecule has 3 aromatic rings. The van der Waals surface area contributed by atoms with E-state index in [-0.39, 0.29) is 5.78 Å². The van der Waals surface area contributed by atoms with Crippen LogP contribution in [0, 0.1) is 0 Å².